The van der Waals surface area contributed by atoms with Crippen LogP contribution in [0.4, 0.5) is 0 Å². The number of nitrogens with zero attached hydrogens (tertiary/aromatic N) is 1. The van der Waals surface area contributed by atoms with E-state index in [2.05, 4.69) is 69.9 Å². The number of methoxy groups -OCH3 is 1. The van der Waals surface area contributed by atoms with Crippen molar-refractivity contribution in [2.75, 3.05) is 13.7 Å². The summed E-state index contributed by atoms with van der Waals surface area (Å²) < 4.78 is 5.56. The zero-order chi connectivity index (χ0) is 24.0. The summed E-state index contributed by atoms with van der Waals surface area (Å²) in [7, 11) is 1.73. The molecule has 3 heteroatoms. The van der Waals surface area contributed by atoms with Crippen LogP contribution in [0, 0.1) is 17.8 Å². The minimum atomic E-state index is 0.114. The summed E-state index contributed by atoms with van der Waals surface area (Å²) >= 11 is 0. The maximum atomic E-state index is 12.9. The monoisotopic (exact) mass is 449 g/mol. The molecule has 0 radical (unpaired) electrons. The van der Waals surface area contributed by atoms with Gasteiger partial charge in [-0.25, -0.2) is 0 Å². The van der Waals surface area contributed by atoms with Crippen LogP contribution in [0.5, 0.6) is 5.75 Å². The van der Waals surface area contributed by atoms with Gasteiger partial charge in [0.15, 0.2) is 5.78 Å². The molecule has 3 unspecified atom stereocenters. The van der Waals surface area contributed by atoms with E-state index in [0.29, 0.717) is 12.0 Å². The van der Waals surface area contributed by atoms with E-state index >= 15 is 0 Å². The summed E-state index contributed by atoms with van der Waals surface area (Å²) in [5, 5.41) is 0. The first kappa shape index (κ1) is 25.5. The number of likely N-dealkylation sites (tertiary alicyclic amines) is 1. The fourth-order valence-corrected chi connectivity index (χ4v) is 5.71. The van der Waals surface area contributed by atoms with Gasteiger partial charge >= 0.3 is 0 Å². The Balaban J connectivity index is 1.97. The number of hydrogen-bond acceptors (Lipinski definition) is 3. The van der Waals surface area contributed by atoms with Crippen molar-refractivity contribution in [1.82, 2.24) is 4.90 Å². The van der Waals surface area contributed by atoms with Gasteiger partial charge in [0.1, 0.15) is 5.75 Å². The van der Waals surface area contributed by atoms with Gasteiger partial charge in [-0.2, -0.15) is 0 Å². The minimum Gasteiger partial charge on any atom is -0.497 e. The van der Waals surface area contributed by atoms with Crippen LogP contribution >= 0.6 is 0 Å². The van der Waals surface area contributed by atoms with E-state index < -0.39 is 0 Å². The third-order valence-electron chi connectivity index (χ3n) is 7.78. The van der Waals surface area contributed by atoms with Crippen molar-refractivity contribution in [3.8, 4) is 5.75 Å². The molecule has 0 bridgehead atoms. The molecule has 4 atom stereocenters. The van der Waals surface area contributed by atoms with Crippen LogP contribution in [0.2, 0.25) is 0 Å². The second-order valence-corrected chi connectivity index (χ2v) is 9.99. The quantitative estimate of drug-likeness (QED) is 0.351. The number of hydrogen-bond donors (Lipinski definition) is 0. The highest BCUT2D eigenvalue weighted by atomic mass is 16.5. The molecular weight excluding hydrogens is 406 g/mol. The molecule has 1 fully saturated rings. The number of rotatable bonds is 10. The van der Waals surface area contributed by atoms with Gasteiger partial charge in [-0.15, -0.1) is 0 Å². The second kappa shape index (κ2) is 11.8. The third kappa shape index (κ3) is 5.87. The summed E-state index contributed by atoms with van der Waals surface area (Å²) in [5.41, 5.74) is 3.33. The highest BCUT2D eigenvalue weighted by Gasteiger charge is 2.35. The molecule has 0 aromatic heterocycles. The molecule has 0 N–H and O–H groups in total. The summed E-state index contributed by atoms with van der Waals surface area (Å²) in [5.74, 6) is 2.74. The van der Waals surface area contributed by atoms with Gasteiger partial charge in [0, 0.05) is 24.1 Å². The van der Waals surface area contributed by atoms with Gasteiger partial charge in [-0.1, -0.05) is 76.9 Å². The predicted molar refractivity (Wildman–Crippen MR) is 138 cm³/mol. The molecule has 1 heterocycles. The first-order valence-electron chi connectivity index (χ1n) is 13.0. The summed E-state index contributed by atoms with van der Waals surface area (Å²) in [6, 6.07) is 17.6. The van der Waals surface area contributed by atoms with Crippen molar-refractivity contribution >= 4 is 5.78 Å². The molecule has 2 aromatic rings. The topological polar surface area (TPSA) is 29.5 Å². The number of piperidine rings is 1. The van der Waals surface area contributed by atoms with E-state index in [1.807, 2.05) is 18.2 Å². The average Bonchev–Trinajstić information content (AvgIpc) is 2.83. The minimum absolute atomic E-state index is 0.114. The largest absolute Gasteiger partial charge is 0.497 e. The van der Waals surface area contributed by atoms with Crippen LogP contribution in [-0.2, 0) is 0 Å². The number of ether oxygens (including phenoxy) is 1. The van der Waals surface area contributed by atoms with Crippen LogP contribution in [-0.4, -0.2) is 30.4 Å². The summed E-state index contributed by atoms with van der Waals surface area (Å²) in [6.07, 6.45) is 5.60. The molecule has 0 saturated carbocycles. The molecule has 3 rings (SSSR count). The number of carbonyl (C=O) groups excluding carboxylic acids is 1. The first-order valence-corrected chi connectivity index (χ1v) is 13.0. The molecule has 180 valence electrons. The number of Topliss-reactive ketones (excluding diaryl/α,β-unsaturated/α-hetero) is 1. The van der Waals surface area contributed by atoms with Crippen molar-refractivity contribution in [3.05, 3.63) is 65.2 Å². The van der Waals surface area contributed by atoms with E-state index in [9.17, 15) is 4.79 Å². The second-order valence-electron chi connectivity index (χ2n) is 9.99. The Kier molecular flexibility index (Phi) is 9.14. The zero-order valence-corrected chi connectivity index (χ0v) is 21.5. The molecule has 33 heavy (non-hydrogen) atoms. The van der Waals surface area contributed by atoms with E-state index in [0.717, 1.165) is 36.6 Å². The summed E-state index contributed by atoms with van der Waals surface area (Å²) in [4.78, 5) is 15.6. The fraction of sp³-hybridized carbons (Fsp3) is 0.567. The normalized spacial score (nSPS) is 22.3. The van der Waals surface area contributed by atoms with Gasteiger partial charge in [0.25, 0.3) is 0 Å². The molecule has 1 aliphatic rings. The van der Waals surface area contributed by atoms with Crippen molar-refractivity contribution in [3.63, 3.8) is 0 Å². The van der Waals surface area contributed by atoms with Gasteiger partial charge in [-0.3, -0.25) is 9.69 Å². The molecule has 0 amide bonds. The van der Waals surface area contributed by atoms with Gasteiger partial charge in [0.05, 0.1) is 13.2 Å². The van der Waals surface area contributed by atoms with Crippen molar-refractivity contribution in [2.24, 2.45) is 17.8 Å². The van der Waals surface area contributed by atoms with Gasteiger partial charge < -0.3 is 4.74 Å². The molecule has 0 spiro atoms. The lowest BCUT2D eigenvalue weighted by molar-refractivity contribution is 0.0501. The van der Waals surface area contributed by atoms with Crippen LogP contribution < -0.4 is 4.74 Å². The number of benzene rings is 2. The Morgan fingerprint density at radius 2 is 1.73 bits per heavy atom. The highest BCUT2D eigenvalue weighted by molar-refractivity contribution is 5.97. The Bertz CT molecular complexity index is 886. The Labute approximate surface area is 201 Å². The van der Waals surface area contributed by atoms with Crippen LogP contribution in [0.25, 0.3) is 0 Å². The Hall–Kier alpha value is -2.13. The first-order chi connectivity index (χ1) is 15.9. The van der Waals surface area contributed by atoms with E-state index in [1.165, 1.54) is 30.4 Å². The number of carbonyl (C=O) groups is 1. The molecule has 1 saturated heterocycles. The van der Waals surface area contributed by atoms with E-state index in [-0.39, 0.29) is 17.7 Å². The predicted octanol–water partition coefficient (Wildman–Crippen LogP) is 7.55. The fourth-order valence-electron chi connectivity index (χ4n) is 5.71. The Morgan fingerprint density at radius 1 is 1.03 bits per heavy atom. The van der Waals surface area contributed by atoms with Gasteiger partial charge in [-0.05, 0) is 61.3 Å². The van der Waals surface area contributed by atoms with Crippen LogP contribution in [0.1, 0.15) is 94.2 Å². The molecule has 0 aliphatic carbocycles. The smallest absolute Gasteiger partial charge is 0.165 e. The molecular formula is C30H43NO2. The standard InChI is InChI=1S/C30H43NO2/c1-7-11-26-18-22(5)31(20-21(26)4)29(27-12-10-13-28(19-27)33-6)24-14-16-25(17-15-24)30(32)23(8-2)9-3/h10,12-17,19,21-23,26,29H,7-9,11,18,20H2,1-6H3/t21?,22-,26?,29?/m0/s1. The molecule has 2 aromatic carbocycles. The molecule has 3 nitrogen and oxygen atoms in total. The summed E-state index contributed by atoms with van der Waals surface area (Å²) in [6.45, 7) is 12.4. The van der Waals surface area contributed by atoms with Crippen molar-refractivity contribution in [2.45, 2.75) is 78.8 Å². The zero-order valence-electron chi connectivity index (χ0n) is 21.5. The highest BCUT2D eigenvalue weighted by Crippen LogP contribution is 2.39. The average molecular weight is 450 g/mol. The molecule has 1 aliphatic heterocycles. The SMILES string of the molecule is CCCC1C[C@H](C)N(C(c2ccc(C(=O)C(CC)CC)cc2)c2cccc(OC)c2)CC1C. The van der Waals surface area contributed by atoms with Crippen molar-refractivity contribution in [1.29, 1.82) is 0 Å². The van der Waals surface area contributed by atoms with E-state index in [1.54, 1.807) is 7.11 Å². The van der Waals surface area contributed by atoms with E-state index in [4.69, 9.17) is 4.74 Å². The van der Waals surface area contributed by atoms with Crippen molar-refractivity contribution < 1.29 is 9.53 Å². The van der Waals surface area contributed by atoms with Crippen LogP contribution in [0.15, 0.2) is 48.5 Å². The lowest BCUT2D eigenvalue weighted by Gasteiger charge is -2.46. The lowest BCUT2D eigenvalue weighted by Crippen LogP contribution is -2.47. The van der Waals surface area contributed by atoms with Gasteiger partial charge in [0.2, 0.25) is 0 Å². The maximum absolute atomic E-state index is 12.9. The Morgan fingerprint density at radius 3 is 2.33 bits per heavy atom. The number of ketones is 1. The lowest BCUT2D eigenvalue weighted by atomic mass is 9.79. The maximum Gasteiger partial charge on any atom is 0.165 e. The van der Waals surface area contributed by atoms with Crippen LogP contribution in [0.3, 0.4) is 0 Å². The third-order valence-corrected chi connectivity index (χ3v) is 7.78.